The number of nitrogens with one attached hydrogen (secondary N) is 1. The molecule has 0 aliphatic rings. The van der Waals surface area contributed by atoms with Crippen LogP contribution in [0.2, 0.25) is 0 Å². The Kier molecular flexibility index (Phi) is 6.06. The predicted octanol–water partition coefficient (Wildman–Crippen LogP) is 5.00. The molecule has 0 spiro atoms. The van der Waals surface area contributed by atoms with E-state index in [4.69, 9.17) is 4.74 Å². The largest absolute Gasteiger partial charge is 0.497 e. The molecule has 1 atom stereocenters. The molecule has 136 valence electrons. The molecule has 3 aromatic carbocycles. The van der Waals surface area contributed by atoms with Crippen LogP contribution in [-0.4, -0.2) is 13.0 Å². The molecule has 3 rings (SSSR count). The Labute approximate surface area is 160 Å². The number of methoxy groups -OCH3 is 1. The van der Waals surface area contributed by atoms with Gasteiger partial charge in [-0.15, -0.1) is 0 Å². The zero-order valence-corrected chi connectivity index (χ0v) is 15.6. The van der Waals surface area contributed by atoms with Gasteiger partial charge in [-0.2, -0.15) is 0 Å². The first-order valence-corrected chi connectivity index (χ1v) is 8.90. The monoisotopic (exact) mass is 357 g/mol. The molecule has 1 amide bonds. The summed E-state index contributed by atoms with van der Waals surface area (Å²) in [6.45, 7) is 1.94. The van der Waals surface area contributed by atoms with E-state index in [1.165, 1.54) is 0 Å². The minimum atomic E-state index is -0.232. The van der Waals surface area contributed by atoms with Crippen molar-refractivity contribution in [3.05, 3.63) is 108 Å². The van der Waals surface area contributed by atoms with Gasteiger partial charge in [0, 0.05) is 6.08 Å². The summed E-state index contributed by atoms with van der Waals surface area (Å²) in [6, 6.07) is 27.4. The van der Waals surface area contributed by atoms with Crippen molar-refractivity contribution >= 4 is 11.5 Å². The van der Waals surface area contributed by atoms with Gasteiger partial charge in [0.2, 0.25) is 5.91 Å². The lowest BCUT2D eigenvalue weighted by atomic mass is 9.98. The zero-order valence-electron chi connectivity index (χ0n) is 15.6. The second-order valence-corrected chi connectivity index (χ2v) is 6.32. The van der Waals surface area contributed by atoms with Crippen LogP contribution in [0, 0.1) is 0 Å². The second kappa shape index (κ2) is 8.86. The summed E-state index contributed by atoms with van der Waals surface area (Å²) >= 11 is 0. The molecule has 0 aliphatic carbocycles. The Morgan fingerprint density at radius 1 is 0.852 bits per heavy atom. The number of rotatable bonds is 6. The van der Waals surface area contributed by atoms with Crippen molar-refractivity contribution in [2.45, 2.75) is 13.0 Å². The Bertz CT molecular complexity index is 900. The third-order valence-electron chi connectivity index (χ3n) is 4.45. The Morgan fingerprint density at radius 2 is 1.41 bits per heavy atom. The average molecular weight is 357 g/mol. The highest BCUT2D eigenvalue weighted by Gasteiger charge is 2.16. The van der Waals surface area contributed by atoms with Crippen LogP contribution in [0.3, 0.4) is 0 Å². The minimum Gasteiger partial charge on any atom is -0.497 e. The van der Waals surface area contributed by atoms with E-state index in [2.05, 4.69) is 5.32 Å². The molecule has 1 N–H and O–H groups in total. The van der Waals surface area contributed by atoms with Gasteiger partial charge in [0.1, 0.15) is 5.75 Å². The number of ether oxygens (including phenoxy) is 1. The molecule has 3 nitrogen and oxygen atoms in total. The second-order valence-electron chi connectivity index (χ2n) is 6.32. The van der Waals surface area contributed by atoms with Crippen LogP contribution in [0.5, 0.6) is 5.75 Å². The molecule has 0 heterocycles. The van der Waals surface area contributed by atoms with Gasteiger partial charge in [-0.25, -0.2) is 0 Å². The molecule has 0 aromatic heterocycles. The number of allylic oxidation sites excluding steroid dienone is 1. The van der Waals surface area contributed by atoms with E-state index in [1.54, 1.807) is 13.2 Å². The fourth-order valence-corrected chi connectivity index (χ4v) is 2.97. The molecule has 0 aliphatic heterocycles. The maximum Gasteiger partial charge on any atom is 0.245 e. The molecule has 27 heavy (non-hydrogen) atoms. The zero-order chi connectivity index (χ0) is 19.1. The summed E-state index contributed by atoms with van der Waals surface area (Å²) in [5.41, 5.74) is 3.99. The first-order valence-electron chi connectivity index (χ1n) is 8.90. The quantitative estimate of drug-likeness (QED) is 0.630. The molecule has 0 fully saturated rings. The van der Waals surface area contributed by atoms with E-state index in [1.807, 2.05) is 91.9 Å². The molecular weight excluding hydrogens is 334 g/mol. The standard InChI is InChI=1S/C24H23NO2/c1-18(19-9-5-3-6-10-19)17-23(26)25-24(20-11-7-4-8-12-20)21-13-15-22(27-2)16-14-21/h3-17,24H,1-2H3,(H,25,26). The molecule has 0 radical (unpaired) electrons. The van der Waals surface area contributed by atoms with Crippen LogP contribution < -0.4 is 10.1 Å². The minimum absolute atomic E-state index is 0.124. The van der Waals surface area contributed by atoms with Crippen LogP contribution in [0.25, 0.3) is 5.57 Å². The lowest BCUT2D eigenvalue weighted by molar-refractivity contribution is -0.116. The van der Waals surface area contributed by atoms with Gasteiger partial charge in [-0.1, -0.05) is 72.8 Å². The number of hydrogen-bond donors (Lipinski definition) is 1. The Hall–Kier alpha value is -3.33. The van der Waals surface area contributed by atoms with Gasteiger partial charge in [0.25, 0.3) is 0 Å². The van der Waals surface area contributed by atoms with Gasteiger partial charge in [0.15, 0.2) is 0 Å². The maximum absolute atomic E-state index is 12.7. The van der Waals surface area contributed by atoms with E-state index in [0.29, 0.717) is 0 Å². The van der Waals surface area contributed by atoms with Gasteiger partial charge >= 0.3 is 0 Å². The highest BCUT2D eigenvalue weighted by molar-refractivity contribution is 5.95. The van der Waals surface area contributed by atoms with Crippen LogP contribution >= 0.6 is 0 Å². The van der Waals surface area contributed by atoms with Crippen molar-refractivity contribution in [2.24, 2.45) is 0 Å². The fraction of sp³-hybridized carbons (Fsp3) is 0.125. The van der Waals surface area contributed by atoms with Crippen molar-refractivity contribution < 1.29 is 9.53 Å². The van der Waals surface area contributed by atoms with E-state index in [-0.39, 0.29) is 11.9 Å². The molecule has 0 saturated heterocycles. The Balaban J connectivity index is 1.86. The average Bonchev–Trinajstić information content (AvgIpc) is 2.73. The van der Waals surface area contributed by atoms with Gasteiger partial charge < -0.3 is 10.1 Å². The summed E-state index contributed by atoms with van der Waals surface area (Å²) in [6.07, 6.45) is 1.65. The number of hydrogen-bond acceptors (Lipinski definition) is 2. The molecular formula is C24H23NO2. The number of amides is 1. The van der Waals surface area contributed by atoms with Crippen molar-refractivity contribution in [3.8, 4) is 5.75 Å². The smallest absolute Gasteiger partial charge is 0.245 e. The molecule has 3 aromatic rings. The molecule has 3 heteroatoms. The van der Waals surface area contributed by atoms with Crippen molar-refractivity contribution in [1.29, 1.82) is 0 Å². The van der Waals surface area contributed by atoms with Crippen LogP contribution in [0.15, 0.2) is 91.0 Å². The van der Waals surface area contributed by atoms with Gasteiger partial charge in [-0.05, 0) is 41.3 Å². The highest BCUT2D eigenvalue weighted by atomic mass is 16.5. The number of benzene rings is 3. The van der Waals surface area contributed by atoms with E-state index in [9.17, 15) is 4.79 Å². The van der Waals surface area contributed by atoms with E-state index < -0.39 is 0 Å². The summed E-state index contributed by atoms with van der Waals surface area (Å²) < 4.78 is 5.24. The van der Waals surface area contributed by atoms with Crippen LogP contribution in [0.4, 0.5) is 0 Å². The summed E-state index contributed by atoms with van der Waals surface area (Å²) in [4.78, 5) is 12.7. The predicted molar refractivity (Wildman–Crippen MR) is 110 cm³/mol. The van der Waals surface area contributed by atoms with Crippen LogP contribution in [0.1, 0.15) is 29.7 Å². The lowest BCUT2D eigenvalue weighted by Crippen LogP contribution is -2.27. The van der Waals surface area contributed by atoms with Crippen molar-refractivity contribution in [3.63, 3.8) is 0 Å². The van der Waals surface area contributed by atoms with E-state index >= 15 is 0 Å². The highest BCUT2D eigenvalue weighted by Crippen LogP contribution is 2.24. The topological polar surface area (TPSA) is 38.3 Å². The summed E-state index contributed by atoms with van der Waals surface area (Å²) in [5, 5.41) is 3.13. The van der Waals surface area contributed by atoms with Gasteiger partial charge in [-0.3, -0.25) is 4.79 Å². The van der Waals surface area contributed by atoms with Gasteiger partial charge in [0.05, 0.1) is 13.2 Å². The lowest BCUT2D eigenvalue weighted by Gasteiger charge is -2.19. The Morgan fingerprint density at radius 3 is 2.00 bits per heavy atom. The SMILES string of the molecule is COc1ccc(C(NC(=O)C=C(C)c2ccccc2)c2ccccc2)cc1. The maximum atomic E-state index is 12.7. The summed E-state index contributed by atoms with van der Waals surface area (Å²) in [7, 11) is 1.64. The third-order valence-corrected chi connectivity index (χ3v) is 4.45. The first-order chi connectivity index (χ1) is 13.2. The third kappa shape index (κ3) is 4.85. The molecule has 1 unspecified atom stereocenters. The molecule has 0 saturated carbocycles. The van der Waals surface area contributed by atoms with Crippen molar-refractivity contribution in [2.75, 3.05) is 7.11 Å². The molecule has 0 bridgehead atoms. The summed E-state index contributed by atoms with van der Waals surface area (Å²) in [5.74, 6) is 0.665. The first kappa shape index (κ1) is 18.5. The fourth-order valence-electron chi connectivity index (χ4n) is 2.97. The van der Waals surface area contributed by atoms with Crippen LogP contribution in [-0.2, 0) is 4.79 Å². The number of carbonyl (C=O) groups excluding carboxylic acids is 1. The van der Waals surface area contributed by atoms with Crippen molar-refractivity contribution in [1.82, 2.24) is 5.32 Å². The van der Waals surface area contributed by atoms with E-state index in [0.717, 1.165) is 28.0 Å². The normalized spacial score (nSPS) is 12.3. The number of carbonyl (C=O) groups is 1.